The molecule has 31 heavy (non-hydrogen) atoms. The third-order valence-corrected chi connectivity index (χ3v) is 5.50. The fourth-order valence-electron chi connectivity index (χ4n) is 4.02. The lowest BCUT2D eigenvalue weighted by Crippen LogP contribution is -2.27. The van der Waals surface area contributed by atoms with Gasteiger partial charge in [-0.2, -0.15) is 5.10 Å². The zero-order chi connectivity index (χ0) is 22.3. The summed E-state index contributed by atoms with van der Waals surface area (Å²) in [6.07, 6.45) is 0. The van der Waals surface area contributed by atoms with Crippen molar-refractivity contribution in [2.45, 2.75) is 40.7 Å². The molecule has 2 heterocycles. The Hall–Kier alpha value is -3.54. The first kappa shape index (κ1) is 20.7. The standard InChI is InChI=1S/C25H25FN4O/c1-14-6-11-21(15(2)12-14)17(4)28-25(31)22-13-16(3)27-24-23(22)18(5)29-30(24)20-9-7-19(26)8-10-20/h6-13,17H,1-5H3,(H,28,31). The molecule has 0 saturated carbocycles. The van der Waals surface area contributed by atoms with E-state index in [-0.39, 0.29) is 17.8 Å². The van der Waals surface area contributed by atoms with Crippen molar-refractivity contribution in [3.63, 3.8) is 0 Å². The van der Waals surface area contributed by atoms with Crippen LogP contribution in [0.5, 0.6) is 0 Å². The van der Waals surface area contributed by atoms with Gasteiger partial charge in [-0.15, -0.1) is 0 Å². The molecular formula is C25H25FN4O. The second kappa shape index (κ2) is 7.95. The van der Waals surface area contributed by atoms with Crippen LogP contribution < -0.4 is 5.32 Å². The minimum Gasteiger partial charge on any atom is -0.345 e. The van der Waals surface area contributed by atoms with Crippen LogP contribution in [0.4, 0.5) is 4.39 Å². The number of carbonyl (C=O) groups is 1. The highest BCUT2D eigenvalue weighted by Crippen LogP contribution is 2.26. The number of hydrogen-bond acceptors (Lipinski definition) is 3. The Morgan fingerprint density at radius 3 is 2.42 bits per heavy atom. The summed E-state index contributed by atoms with van der Waals surface area (Å²) >= 11 is 0. The molecule has 158 valence electrons. The van der Waals surface area contributed by atoms with Crippen molar-refractivity contribution in [1.29, 1.82) is 0 Å². The summed E-state index contributed by atoms with van der Waals surface area (Å²) in [6, 6.07) is 13.9. The summed E-state index contributed by atoms with van der Waals surface area (Å²) in [7, 11) is 0. The molecular weight excluding hydrogens is 391 g/mol. The minimum atomic E-state index is -0.318. The first-order valence-corrected chi connectivity index (χ1v) is 10.3. The summed E-state index contributed by atoms with van der Waals surface area (Å²) in [6.45, 7) is 9.79. The van der Waals surface area contributed by atoms with Gasteiger partial charge in [0.05, 0.1) is 28.4 Å². The van der Waals surface area contributed by atoms with Gasteiger partial charge in [0.2, 0.25) is 0 Å². The van der Waals surface area contributed by atoms with E-state index in [2.05, 4.69) is 47.4 Å². The molecule has 1 unspecified atom stereocenters. The molecule has 0 fully saturated rings. The molecule has 0 aliphatic rings. The Kier molecular flexibility index (Phi) is 5.31. The van der Waals surface area contributed by atoms with Crippen molar-refractivity contribution in [3.05, 3.63) is 88.0 Å². The highest BCUT2D eigenvalue weighted by Gasteiger charge is 2.21. The van der Waals surface area contributed by atoms with Crippen LogP contribution in [0, 0.1) is 33.5 Å². The molecule has 5 nitrogen and oxygen atoms in total. The molecule has 4 rings (SSSR count). The second-order valence-corrected chi connectivity index (χ2v) is 8.04. The number of benzene rings is 2. The zero-order valence-electron chi connectivity index (χ0n) is 18.3. The van der Waals surface area contributed by atoms with Gasteiger partial charge in [-0.05, 0) is 76.1 Å². The van der Waals surface area contributed by atoms with Crippen LogP contribution >= 0.6 is 0 Å². The summed E-state index contributed by atoms with van der Waals surface area (Å²) in [5.74, 6) is -0.494. The third kappa shape index (κ3) is 3.93. The van der Waals surface area contributed by atoms with Gasteiger partial charge in [-0.25, -0.2) is 14.1 Å². The van der Waals surface area contributed by atoms with Crippen LogP contribution in [-0.2, 0) is 0 Å². The molecule has 1 amide bonds. The maximum atomic E-state index is 13.4. The number of aromatic nitrogens is 3. The first-order valence-electron chi connectivity index (χ1n) is 10.3. The number of pyridine rings is 1. The molecule has 0 aliphatic heterocycles. The van der Waals surface area contributed by atoms with E-state index in [1.807, 2.05) is 20.8 Å². The van der Waals surface area contributed by atoms with E-state index in [1.54, 1.807) is 22.9 Å². The number of carbonyl (C=O) groups excluding carboxylic acids is 1. The molecule has 4 aromatic rings. The molecule has 2 aromatic carbocycles. The summed E-state index contributed by atoms with van der Waals surface area (Å²) in [5, 5.41) is 8.40. The number of fused-ring (bicyclic) bond motifs is 1. The normalized spacial score (nSPS) is 12.2. The lowest BCUT2D eigenvalue weighted by atomic mass is 9.99. The number of nitrogens with one attached hydrogen (secondary N) is 1. The fraction of sp³-hybridized carbons (Fsp3) is 0.240. The van der Waals surface area contributed by atoms with Crippen LogP contribution in [0.25, 0.3) is 16.7 Å². The lowest BCUT2D eigenvalue weighted by Gasteiger charge is -2.18. The van der Waals surface area contributed by atoms with Gasteiger partial charge in [-0.3, -0.25) is 4.79 Å². The molecule has 0 saturated heterocycles. The average Bonchev–Trinajstić information content (AvgIpc) is 3.04. The smallest absolute Gasteiger partial charge is 0.252 e. The van der Waals surface area contributed by atoms with Crippen molar-refractivity contribution < 1.29 is 9.18 Å². The van der Waals surface area contributed by atoms with Crippen LogP contribution in [-0.4, -0.2) is 20.7 Å². The quantitative estimate of drug-likeness (QED) is 0.492. The molecule has 0 spiro atoms. The Labute approximate surface area is 180 Å². The van der Waals surface area contributed by atoms with Crippen molar-refractivity contribution >= 4 is 16.9 Å². The van der Waals surface area contributed by atoms with E-state index in [0.29, 0.717) is 33.7 Å². The molecule has 0 bridgehead atoms. The molecule has 6 heteroatoms. The van der Waals surface area contributed by atoms with E-state index < -0.39 is 0 Å². The van der Waals surface area contributed by atoms with E-state index in [9.17, 15) is 9.18 Å². The van der Waals surface area contributed by atoms with Crippen LogP contribution in [0.1, 0.15) is 51.4 Å². The minimum absolute atomic E-state index is 0.149. The van der Waals surface area contributed by atoms with Gasteiger partial charge in [0, 0.05) is 5.69 Å². The van der Waals surface area contributed by atoms with Gasteiger partial charge in [0.1, 0.15) is 5.82 Å². The summed E-state index contributed by atoms with van der Waals surface area (Å²) in [4.78, 5) is 17.9. The van der Waals surface area contributed by atoms with Crippen LogP contribution in [0.3, 0.4) is 0 Å². The second-order valence-electron chi connectivity index (χ2n) is 8.04. The highest BCUT2D eigenvalue weighted by molar-refractivity contribution is 6.07. The first-order chi connectivity index (χ1) is 14.7. The number of amides is 1. The number of hydrogen-bond donors (Lipinski definition) is 1. The predicted octanol–water partition coefficient (Wildman–Crippen LogP) is 5.28. The third-order valence-electron chi connectivity index (χ3n) is 5.50. The Bertz CT molecular complexity index is 1290. The molecule has 2 aromatic heterocycles. The van der Waals surface area contributed by atoms with Gasteiger partial charge >= 0.3 is 0 Å². The lowest BCUT2D eigenvalue weighted by molar-refractivity contribution is 0.0941. The molecule has 1 atom stereocenters. The SMILES string of the molecule is Cc1ccc(C(C)NC(=O)c2cc(C)nc3c2c(C)nn3-c2ccc(F)cc2)c(C)c1. The summed E-state index contributed by atoms with van der Waals surface area (Å²) < 4.78 is 15.0. The van der Waals surface area contributed by atoms with E-state index in [1.165, 1.54) is 17.7 Å². The zero-order valence-corrected chi connectivity index (χ0v) is 18.3. The van der Waals surface area contributed by atoms with Crippen LogP contribution in [0.2, 0.25) is 0 Å². The average molecular weight is 417 g/mol. The van der Waals surface area contributed by atoms with Crippen molar-refractivity contribution in [1.82, 2.24) is 20.1 Å². The van der Waals surface area contributed by atoms with E-state index in [4.69, 9.17) is 0 Å². The van der Waals surface area contributed by atoms with Crippen LogP contribution in [0.15, 0.2) is 48.5 Å². The highest BCUT2D eigenvalue weighted by atomic mass is 19.1. The monoisotopic (exact) mass is 416 g/mol. The Morgan fingerprint density at radius 1 is 1.03 bits per heavy atom. The Balaban J connectivity index is 1.75. The topological polar surface area (TPSA) is 59.8 Å². The maximum absolute atomic E-state index is 13.4. The van der Waals surface area contributed by atoms with Crippen molar-refractivity contribution in [2.24, 2.45) is 0 Å². The van der Waals surface area contributed by atoms with Crippen molar-refractivity contribution in [2.75, 3.05) is 0 Å². The Morgan fingerprint density at radius 2 is 1.74 bits per heavy atom. The molecule has 1 N–H and O–H groups in total. The van der Waals surface area contributed by atoms with Gasteiger partial charge in [0.15, 0.2) is 5.65 Å². The van der Waals surface area contributed by atoms with Gasteiger partial charge < -0.3 is 5.32 Å². The largest absolute Gasteiger partial charge is 0.345 e. The number of aryl methyl sites for hydroxylation is 4. The van der Waals surface area contributed by atoms with E-state index >= 15 is 0 Å². The summed E-state index contributed by atoms with van der Waals surface area (Å²) in [5.41, 5.74) is 6.61. The number of nitrogens with zero attached hydrogens (tertiary/aromatic N) is 3. The molecule has 0 aliphatic carbocycles. The van der Waals surface area contributed by atoms with Crippen molar-refractivity contribution in [3.8, 4) is 5.69 Å². The van der Waals surface area contributed by atoms with Gasteiger partial charge in [0.25, 0.3) is 5.91 Å². The number of rotatable bonds is 4. The predicted molar refractivity (Wildman–Crippen MR) is 120 cm³/mol. The number of halogens is 1. The van der Waals surface area contributed by atoms with E-state index in [0.717, 1.165) is 11.1 Å². The maximum Gasteiger partial charge on any atom is 0.252 e. The fourth-order valence-corrected chi connectivity index (χ4v) is 4.02. The molecule has 0 radical (unpaired) electrons. The van der Waals surface area contributed by atoms with Gasteiger partial charge in [-0.1, -0.05) is 23.8 Å².